The van der Waals surface area contributed by atoms with Gasteiger partial charge in [-0.3, -0.25) is 4.79 Å². The lowest BCUT2D eigenvalue weighted by Crippen LogP contribution is -2.26. The van der Waals surface area contributed by atoms with Gasteiger partial charge in [-0.15, -0.1) is 0 Å². The molecule has 184 valence electrons. The van der Waals surface area contributed by atoms with Crippen molar-refractivity contribution in [1.29, 1.82) is 0 Å². The predicted octanol–water partition coefficient (Wildman–Crippen LogP) is 6.01. The average molecular weight is 486 g/mol. The van der Waals surface area contributed by atoms with Gasteiger partial charge in [-0.2, -0.15) is 8.75 Å². The summed E-state index contributed by atoms with van der Waals surface area (Å²) >= 11 is 1.06. The van der Waals surface area contributed by atoms with E-state index in [4.69, 9.17) is 4.42 Å². The van der Waals surface area contributed by atoms with Crippen LogP contribution in [0.25, 0.3) is 0 Å². The molecule has 0 unspecified atom stereocenters. The van der Waals surface area contributed by atoms with Crippen molar-refractivity contribution in [3.63, 3.8) is 0 Å². The first-order chi connectivity index (χ1) is 15.8. The Labute approximate surface area is 205 Å². The Balaban J connectivity index is 1.97. The van der Waals surface area contributed by atoms with Crippen LogP contribution in [0.5, 0.6) is 5.75 Å². The lowest BCUT2D eigenvalue weighted by Gasteiger charge is -2.26. The van der Waals surface area contributed by atoms with Crippen molar-refractivity contribution in [1.82, 2.24) is 13.6 Å². The second-order valence-corrected chi connectivity index (χ2v) is 10.7. The second kappa shape index (κ2) is 9.66. The summed E-state index contributed by atoms with van der Waals surface area (Å²) in [6.45, 7) is 14.2. The topological polar surface area (TPSA) is 104 Å². The molecule has 0 aliphatic rings. The highest BCUT2D eigenvalue weighted by Gasteiger charge is 2.28. The number of carbonyl (C=O) groups excluding carboxylic acids is 1. The SMILES string of the molecule is Cc1cc([C@H](Nc2nsnc2Nc2ccc(C(C)(C)C)c(C(=O)N(C)C)c2O)C(C)C)oc1C. The van der Waals surface area contributed by atoms with Gasteiger partial charge in [0.05, 0.1) is 29.0 Å². The predicted molar refractivity (Wildman–Crippen MR) is 137 cm³/mol. The molecule has 8 nitrogen and oxygen atoms in total. The first-order valence-corrected chi connectivity index (χ1v) is 12.1. The smallest absolute Gasteiger partial charge is 0.257 e. The first kappa shape index (κ1) is 25.6. The maximum Gasteiger partial charge on any atom is 0.257 e. The van der Waals surface area contributed by atoms with Gasteiger partial charge in [0.15, 0.2) is 17.4 Å². The Morgan fingerprint density at radius 3 is 2.32 bits per heavy atom. The van der Waals surface area contributed by atoms with E-state index in [2.05, 4.69) is 33.2 Å². The molecule has 0 fully saturated rings. The van der Waals surface area contributed by atoms with E-state index in [1.54, 1.807) is 20.2 Å². The third kappa shape index (κ3) is 5.19. The van der Waals surface area contributed by atoms with Crippen LogP contribution in [-0.4, -0.2) is 38.8 Å². The number of phenolic OH excluding ortho intramolecular Hbond substituents is 1. The van der Waals surface area contributed by atoms with Gasteiger partial charge < -0.3 is 25.1 Å². The van der Waals surface area contributed by atoms with Gasteiger partial charge in [0.2, 0.25) is 0 Å². The summed E-state index contributed by atoms with van der Waals surface area (Å²) in [6.07, 6.45) is 0. The highest BCUT2D eigenvalue weighted by atomic mass is 32.1. The van der Waals surface area contributed by atoms with Crippen molar-refractivity contribution in [2.45, 2.75) is 59.9 Å². The molecule has 9 heteroatoms. The van der Waals surface area contributed by atoms with Crippen molar-refractivity contribution >= 4 is 35.0 Å². The van der Waals surface area contributed by atoms with Crippen LogP contribution in [0.1, 0.15) is 73.7 Å². The molecule has 1 aromatic carbocycles. The molecule has 0 saturated heterocycles. The third-order valence-electron chi connectivity index (χ3n) is 5.80. The zero-order valence-corrected chi connectivity index (χ0v) is 22.2. The number of amides is 1. The lowest BCUT2D eigenvalue weighted by atomic mass is 9.82. The van der Waals surface area contributed by atoms with Gasteiger partial charge in [-0.25, -0.2) is 0 Å². The van der Waals surface area contributed by atoms with E-state index < -0.39 is 0 Å². The molecule has 3 N–H and O–H groups in total. The fraction of sp³-hybridized carbons (Fsp3) is 0.480. The van der Waals surface area contributed by atoms with Crippen molar-refractivity contribution in [3.05, 3.63) is 46.4 Å². The van der Waals surface area contributed by atoms with E-state index in [1.807, 2.05) is 46.8 Å². The van der Waals surface area contributed by atoms with Crippen LogP contribution in [0.15, 0.2) is 22.6 Å². The van der Waals surface area contributed by atoms with Gasteiger partial charge >= 0.3 is 0 Å². The van der Waals surface area contributed by atoms with Crippen LogP contribution in [0.3, 0.4) is 0 Å². The number of anilines is 3. The standard InChI is InChI=1S/C25H35N5O3S/c1-13(2)20(18-12-14(3)15(4)33-18)27-23-22(28-34-29-23)26-17-11-10-16(25(5,6)7)19(21(17)31)24(32)30(8)9/h10-13,20,31H,1-9H3,(H,26,28)(H,27,29)/t20-/m1/s1. The van der Waals surface area contributed by atoms with E-state index in [0.717, 1.165) is 34.4 Å². The van der Waals surface area contributed by atoms with Crippen molar-refractivity contribution in [3.8, 4) is 5.75 Å². The number of phenols is 1. The fourth-order valence-electron chi connectivity index (χ4n) is 3.72. The number of rotatable bonds is 7. The zero-order valence-electron chi connectivity index (χ0n) is 21.4. The number of aromatic nitrogens is 2. The molecule has 0 bridgehead atoms. The Morgan fingerprint density at radius 2 is 1.79 bits per heavy atom. The molecule has 1 amide bonds. The Kier molecular flexibility index (Phi) is 7.26. The number of aromatic hydroxyl groups is 1. The van der Waals surface area contributed by atoms with Crippen LogP contribution < -0.4 is 10.6 Å². The minimum Gasteiger partial charge on any atom is -0.505 e. The van der Waals surface area contributed by atoms with Crippen molar-refractivity contribution < 1.29 is 14.3 Å². The third-order valence-corrected chi connectivity index (χ3v) is 6.33. The van der Waals surface area contributed by atoms with Gasteiger partial charge in [-0.05, 0) is 48.4 Å². The quantitative estimate of drug-likeness (QED) is 0.352. The summed E-state index contributed by atoms with van der Waals surface area (Å²) in [7, 11) is 3.34. The number of hydrogen-bond donors (Lipinski definition) is 3. The lowest BCUT2D eigenvalue weighted by molar-refractivity contribution is 0.0822. The Morgan fingerprint density at radius 1 is 1.15 bits per heavy atom. The molecular weight excluding hydrogens is 450 g/mol. The fourth-order valence-corrected chi connectivity index (χ4v) is 4.19. The minimum atomic E-state index is -0.324. The summed E-state index contributed by atoms with van der Waals surface area (Å²) < 4.78 is 14.8. The van der Waals surface area contributed by atoms with Crippen LogP contribution in [-0.2, 0) is 5.41 Å². The molecule has 0 aliphatic heterocycles. The molecule has 3 aromatic rings. The number of benzene rings is 1. The van der Waals surface area contributed by atoms with Gasteiger partial charge in [0, 0.05) is 14.1 Å². The molecule has 0 aliphatic carbocycles. The normalized spacial score (nSPS) is 12.6. The summed E-state index contributed by atoms with van der Waals surface area (Å²) in [6, 6.07) is 5.57. The molecule has 2 aromatic heterocycles. The number of furan rings is 1. The van der Waals surface area contributed by atoms with E-state index in [1.165, 1.54) is 4.90 Å². The van der Waals surface area contributed by atoms with E-state index in [0.29, 0.717) is 17.3 Å². The number of nitrogens with one attached hydrogen (secondary N) is 2. The van der Waals surface area contributed by atoms with Gasteiger partial charge in [0.1, 0.15) is 11.5 Å². The van der Waals surface area contributed by atoms with Crippen molar-refractivity contribution in [2.24, 2.45) is 5.92 Å². The maximum atomic E-state index is 13.0. The number of aryl methyl sites for hydroxylation is 2. The largest absolute Gasteiger partial charge is 0.505 e. The van der Waals surface area contributed by atoms with Crippen LogP contribution in [0, 0.1) is 19.8 Å². The maximum absolute atomic E-state index is 13.0. The summed E-state index contributed by atoms with van der Waals surface area (Å²) in [4.78, 5) is 14.4. The average Bonchev–Trinajstić information content (AvgIpc) is 3.31. The minimum absolute atomic E-state index is 0.109. The molecule has 1 atom stereocenters. The zero-order chi connectivity index (χ0) is 25.4. The monoisotopic (exact) mass is 485 g/mol. The Bertz CT molecular complexity index is 1150. The van der Waals surface area contributed by atoms with Gasteiger partial charge in [-0.1, -0.05) is 40.7 Å². The molecule has 3 rings (SSSR count). The van der Waals surface area contributed by atoms with Crippen LogP contribution in [0.2, 0.25) is 0 Å². The molecular formula is C25H35N5O3S. The Hall–Kier alpha value is -3.07. The molecule has 0 spiro atoms. The first-order valence-electron chi connectivity index (χ1n) is 11.3. The molecule has 34 heavy (non-hydrogen) atoms. The summed E-state index contributed by atoms with van der Waals surface area (Å²) in [5, 5.41) is 17.7. The van der Waals surface area contributed by atoms with Crippen molar-refractivity contribution in [2.75, 3.05) is 24.7 Å². The second-order valence-electron chi connectivity index (χ2n) is 10.2. The molecule has 0 radical (unpaired) electrons. The number of carbonyl (C=O) groups is 1. The number of hydrogen-bond acceptors (Lipinski definition) is 8. The van der Waals surface area contributed by atoms with Crippen LogP contribution >= 0.6 is 11.7 Å². The summed E-state index contributed by atoms with van der Waals surface area (Å²) in [5.41, 5.74) is 2.21. The van der Waals surface area contributed by atoms with Gasteiger partial charge in [0.25, 0.3) is 5.91 Å². The highest BCUT2D eigenvalue weighted by molar-refractivity contribution is 6.99. The van der Waals surface area contributed by atoms with E-state index >= 15 is 0 Å². The van der Waals surface area contributed by atoms with Crippen LogP contribution in [0.4, 0.5) is 17.3 Å². The summed E-state index contributed by atoms with van der Waals surface area (Å²) in [5.74, 6) is 2.60. The van der Waals surface area contributed by atoms with E-state index in [-0.39, 0.29) is 34.6 Å². The molecule has 2 heterocycles. The number of nitrogens with zero attached hydrogens (tertiary/aromatic N) is 3. The van der Waals surface area contributed by atoms with E-state index in [9.17, 15) is 9.90 Å². The molecule has 0 saturated carbocycles. The highest BCUT2D eigenvalue weighted by Crippen LogP contribution is 2.39.